The van der Waals surface area contributed by atoms with Crippen LogP contribution < -0.4 is 15.6 Å². The van der Waals surface area contributed by atoms with Crippen LogP contribution in [0.3, 0.4) is 0 Å². The van der Waals surface area contributed by atoms with Crippen molar-refractivity contribution in [1.29, 1.82) is 0 Å². The molecule has 0 spiro atoms. The number of pyridine rings is 3. The van der Waals surface area contributed by atoms with Crippen LogP contribution in [0.4, 0.5) is 0 Å². The Hall–Kier alpha value is -3.72. The maximum Gasteiger partial charge on any atom is 0.255 e. The van der Waals surface area contributed by atoms with Crippen molar-refractivity contribution in [3.05, 3.63) is 89.5 Å². The predicted molar refractivity (Wildman–Crippen MR) is 145 cm³/mol. The Labute approximate surface area is 212 Å². The van der Waals surface area contributed by atoms with Crippen LogP contribution in [0.5, 0.6) is 5.88 Å². The van der Waals surface area contributed by atoms with Crippen molar-refractivity contribution in [3.8, 4) is 22.7 Å². The van der Waals surface area contributed by atoms with Gasteiger partial charge in [-0.05, 0) is 66.0 Å². The number of nitrogens with zero attached hydrogens (tertiary/aromatic N) is 4. The van der Waals surface area contributed by atoms with E-state index in [2.05, 4.69) is 37.8 Å². The van der Waals surface area contributed by atoms with E-state index in [1.807, 2.05) is 48.7 Å². The Morgan fingerprint density at radius 2 is 1.69 bits per heavy atom. The zero-order valence-corrected chi connectivity index (χ0v) is 20.7. The second-order valence-corrected chi connectivity index (χ2v) is 9.82. The van der Waals surface area contributed by atoms with Crippen molar-refractivity contribution < 1.29 is 4.74 Å². The van der Waals surface area contributed by atoms with Gasteiger partial charge in [0.05, 0.1) is 18.1 Å². The number of ether oxygens (including phenoxy) is 1. The fourth-order valence-electron chi connectivity index (χ4n) is 4.56. The molecule has 2 aromatic carbocycles. The minimum atomic E-state index is -0.0750. The topological polar surface area (TPSA) is 72.3 Å². The summed E-state index contributed by atoms with van der Waals surface area (Å²) in [6.45, 7) is 4.04. The molecule has 1 N–H and O–H groups in total. The predicted octanol–water partition coefficient (Wildman–Crippen LogP) is 4.52. The van der Waals surface area contributed by atoms with Crippen molar-refractivity contribution >= 4 is 33.8 Å². The first-order valence-electron chi connectivity index (χ1n) is 11.9. The van der Waals surface area contributed by atoms with Gasteiger partial charge in [0.15, 0.2) is 0 Å². The Kier molecular flexibility index (Phi) is 6.14. The standard InChI is InChI=1S/C28H25N5O2S/c1-35-26-10-3-20(17-31-26)19-2-9-25-24(16-19)28-21(18-30-25)4-11-27(34)33(28)22-5-7-23(8-6-22)36-32-14-12-29-13-15-32/h2-11,16-18,29H,12-15H2,1H3. The van der Waals surface area contributed by atoms with Gasteiger partial charge in [-0.3, -0.25) is 14.3 Å². The normalized spacial score (nSPS) is 14.4. The summed E-state index contributed by atoms with van der Waals surface area (Å²) >= 11 is 1.76. The second-order valence-electron chi connectivity index (χ2n) is 8.65. The lowest BCUT2D eigenvalue weighted by atomic mass is 10.0. The number of nitrogens with one attached hydrogen (secondary N) is 1. The molecule has 0 atom stereocenters. The quantitative estimate of drug-likeness (QED) is 0.284. The average molecular weight is 496 g/mol. The van der Waals surface area contributed by atoms with Gasteiger partial charge in [-0.15, -0.1) is 0 Å². The molecule has 0 aliphatic carbocycles. The highest BCUT2D eigenvalue weighted by atomic mass is 32.2. The van der Waals surface area contributed by atoms with Gasteiger partial charge >= 0.3 is 0 Å². The average Bonchev–Trinajstić information content (AvgIpc) is 2.94. The number of benzene rings is 2. The van der Waals surface area contributed by atoms with Crippen LogP contribution in [-0.2, 0) is 0 Å². The molecular formula is C28H25N5O2S. The van der Waals surface area contributed by atoms with Gasteiger partial charge in [0, 0.05) is 77.6 Å². The van der Waals surface area contributed by atoms with Crippen LogP contribution >= 0.6 is 11.9 Å². The molecule has 8 heteroatoms. The SMILES string of the molecule is COc1ccc(-c2ccc3ncc4ccc(=O)n(-c5ccc(SN6CCNCC6)cc5)c4c3c2)cn1. The summed E-state index contributed by atoms with van der Waals surface area (Å²) in [7, 11) is 1.60. The second kappa shape index (κ2) is 9.73. The molecule has 5 aromatic rings. The van der Waals surface area contributed by atoms with Crippen molar-refractivity contribution in [3.63, 3.8) is 0 Å². The first-order valence-corrected chi connectivity index (χ1v) is 12.7. The smallest absolute Gasteiger partial charge is 0.255 e. The van der Waals surface area contributed by atoms with Crippen LogP contribution in [0, 0.1) is 0 Å². The van der Waals surface area contributed by atoms with E-state index in [-0.39, 0.29) is 5.56 Å². The zero-order chi connectivity index (χ0) is 24.5. The Morgan fingerprint density at radius 1 is 0.889 bits per heavy atom. The van der Waals surface area contributed by atoms with Gasteiger partial charge < -0.3 is 10.1 Å². The molecule has 1 aliphatic heterocycles. The molecule has 1 saturated heterocycles. The van der Waals surface area contributed by atoms with Crippen molar-refractivity contribution in [2.24, 2.45) is 0 Å². The largest absolute Gasteiger partial charge is 0.481 e. The van der Waals surface area contributed by atoms with Gasteiger partial charge in [0.25, 0.3) is 5.56 Å². The van der Waals surface area contributed by atoms with Crippen molar-refractivity contribution in [2.75, 3.05) is 33.3 Å². The minimum Gasteiger partial charge on any atom is -0.481 e. The van der Waals surface area contributed by atoms with Crippen molar-refractivity contribution in [2.45, 2.75) is 4.90 Å². The van der Waals surface area contributed by atoms with E-state index < -0.39 is 0 Å². The van der Waals surface area contributed by atoms with Crippen LogP contribution in [0.1, 0.15) is 0 Å². The van der Waals surface area contributed by atoms with Crippen LogP contribution in [0.2, 0.25) is 0 Å². The summed E-state index contributed by atoms with van der Waals surface area (Å²) in [5.74, 6) is 0.569. The molecule has 36 heavy (non-hydrogen) atoms. The molecule has 7 nitrogen and oxygen atoms in total. The lowest BCUT2D eigenvalue weighted by molar-refractivity contribution is 0.396. The zero-order valence-electron chi connectivity index (χ0n) is 19.8. The van der Waals surface area contributed by atoms with E-state index in [9.17, 15) is 4.79 Å². The van der Waals surface area contributed by atoms with Crippen LogP contribution in [0.25, 0.3) is 38.6 Å². The third-order valence-corrected chi connectivity index (χ3v) is 7.51. The number of rotatable bonds is 5. The van der Waals surface area contributed by atoms with E-state index >= 15 is 0 Å². The number of methoxy groups -OCH3 is 1. The highest BCUT2D eigenvalue weighted by molar-refractivity contribution is 7.97. The third-order valence-electron chi connectivity index (χ3n) is 6.40. The molecule has 0 saturated carbocycles. The molecule has 3 aromatic heterocycles. The van der Waals surface area contributed by atoms with E-state index in [0.29, 0.717) is 5.88 Å². The van der Waals surface area contributed by atoms with E-state index in [0.717, 1.165) is 69.7 Å². The van der Waals surface area contributed by atoms with Crippen LogP contribution in [-0.4, -0.2) is 52.1 Å². The fraction of sp³-hybridized carbons (Fsp3) is 0.179. The lowest BCUT2D eigenvalue weighted by Crippen LogP contribution is -2.39. The Balaban J connectivity index is 1.45. The van der Waals surface area contributed by atoms with E-state index in [1.165, 1.54) is 0 Å². The summed E-state index contributed by atoms with van der Waals surface area (Å²) in [5.41, 5.74) is 4.40. The molecule has 0 bridgehead atoms. The number of hydrogen-bond acceptors (Lipinski definition) is 7. The van der Waals surface area contributed by atoms with Gasteiger partial charge in [0.2, 0.25) is 5.88 Å². The van der Waals surface area contributed by atoms with E-state index in [4.69, 9.17) is 4.74 Å². The van der Waals surface area contributed by atoms with Gasteiger partial charge in [-0.2, -0.15) is 0 Å². The highest BCUT2D eigenvalue weighted by Crippen LogP contribution is 2.30. The summed E-state index contributed by atoms with van der Waals surface area (Å²) < 4.78 is 9.35. The summed E-state index contributed by atoms with van der Waals surface area (Å²) in [6, 6.07) is 21.6. The number of aromatic nitrogens is 3. The molecule has 4 heterocycles. The molecule has 1 fully saturated rings. The Bertz CT molecular complexity index is 1590. The Morgan fingerprint density at radius 3 is 2.44 bits per heavy atom. The molecule has 0 unspecified atom stereocenters. The summed E-state index contributed by atoms with van der Waals surface area (Å²) in [5, 5.41) is 5.20. The minimum absolute atomic E-state index is 0.0750. The van der Waals surface area contributed by atoms with Gasteiger partial charge in [-0.1, -0.05) is 6.07 Å². The molecular weight excluding hydrogens is 470 g/mol. The lowest BCUT2D eigenvalue weighted by Gasteiger charge is -2.25. The first-order chi connectivity index (χ1) is 17.7. The maximum atomic E-state index is 13.2. The van der Waals surface area contributed by atoms with Gasteiger partial charge in [-0.25, -0.2) is 9.29 Å². The van der Waals surface area contributed by atoms with Crippen molar-refractivity contribution in [1.82, 2.24) is 24.2 Å². The van der Waals surface area contributed by atoms with Crippen LogP contribution in [0.15, 0.2) is 88.8 Å². The number of fused-ring (bicyclic) bond motifs is 3. The number of hydrogen-bond donors (Lipinski definition) is 1. The fourth-order valence-corrected chi connectivity index (χ4v) is 5.48. The molecule has 0 radical (unpaired) electrons. The molecule has 1 aliphatic rings. The maximum absolute atomic E-state index is 13.2. The first kappa shape index (κ1) is 22.7. The summed E-state index contributed by atoms with van der Waals surface area (Å²) in [4.78, 5) is 23.4. The molecule has 6 rings (SSSR count). The third kappa shape index (κ3) is 4.35. The summed E-state index contributed by atoms with van der Waals surface area (Å²) in [6.07, 6.45) is 3.62. The monoisotopic (exact) mass is 495 g/mol. The molecule has 0 amide bonds. The van der Waals surface area contributed by atoms with E-state index in [1.54, 1.807) is 35.9 Å². The van der Waals surface area contributed by atoms with Gasteiger partial charge in [0.1, 0.15) is 0 Å². The number of piperazine rings is 1. The molecule has 180 valence electrons. The highest BCUT2D eigenvalue weighted by Gasteiger charge is 2.14.